The standard InChI is InChI=1S/C15H20FN3O/c1-3-17-12(2)13-5-6-15(14(16)11-13)20-10-9-19-8-4-7-18-19/h4-8,11-12,17H,3,9-10H2,1-2H3. The van der Waals surface area contributed by atoms with Gasteiger partial charge in [-0.05, 0) is 37.2 Å². The van der Waals surface area contributed by atoms with Crippen LogP contribution in [-0.2, 0) is 6.54 Å². The third-order valence-electron chi connectivity index (χ3n) is 3.10. The number of rotatable bonds is 7. The molecule has 0 saturated carbocycles. The lowest BCUT2D eigenvalue weighted by Gasteiger charge is -2.14. The molecular formula is C15H20FN3O. The number of benzene rings is 1. The normalized spacial score (nSPS) is 12.3. The number of nitrogens with one attached hydrogen (secondary N) is 1. The molecular weight excluding hydrogens is 257 g/mol. The van der Waals surface area contributed by atoms with Crippen LogP contribution in [0.4, 0.5) is 4.39 Å². The Balaban J connectivity index is 1.92. The highest BCUT2D eigenvalue weighted by Crippen LogP contribution is 2.22. The fourth-order valence-electron chi connectivity index (χ4n) is 2.01. The van der Waals surface area contributed by atoms with Crippen molar-refractivity contribution in [3.63, 3.8) is 0 Å². The number of nitrogens with zero attached hydrogens (tertiary/aromatic N) is 2. The molecule has 108 valence electrons. The first kappa shape index (κ1) is 14.5. The molecule has 1 N–H and O–H groups in total. The number of ether oxygens (including phenoxy) is 1. The number of hydrogen-bond acceptors (Lipinski definition) is 3. The fourth-order valence-corrected chi connectivity index (χ4v) is 2.01. The third kappa shape index (κ3) is 3.81. The van der Waals surface area contributed by atoms with E-state index in [1.54, 1.807) is 16.9 Å². The van der Waals surface area contributed by atoms with Crippen molar-refractivity contribution < 1.29 is 9.13 Å². The van der Waals surface area contributed by atoms with Crippen LogP contribution in [0.3, 0.4) is 0 Å². The van der Waals surface area contributed by atoms with Gasteiger partial charge in [0, 0.05) is 18.4 Å². The monoisotopic (exact) mass is 277 g/mol. The summed E-state index contributed by atoms with van der Waals surface area (Å²) in [6, 6.07) is 7.07. The van der Waals surface area contributed by atoms with Gasteiger partial charge in [0.05, 0.1) is 6.54 Å². The summed E-state index contributed by atoms with van der Waals surface area (Å²) in [7, 11) is 0. The van der Waals surface area contributed by atoms with Gasteiger partial charge in [-0.3, -0.25) is 4.68 Å². The van der Waals surface area contributed by atoms with Gasteiger partial charge in [-0.25, -0.2) is 4.39 Å². The Morgan fingerprint density at radius 2 is 2.30 bits per heavy atom. The van der Waals surface area contributed by atoms with E-state index in [9.17, 15) is 4.39 Å². The predicted octanol–water partition coefficient (Wildman–Crippen LogP) is 2.77. The Morgan fingerprint density at radius 1 is 1.45 bits per heavy atom. The van der Waals surface area contributed by atoms with Gasteiger partial charge >= 0.3 is 0 Å². The molecule has 1 atom stereocenters. The molecule has 0 aliphatic rings. The molecule has 0 aliphatic heterocycles. The molecule has 0 fully saturated rings. The first-order valence-electron chi connectivity index (χ1n) is 6.83. The third-order valence-corrected chi connectivity index (χ3v) is 3.10. The summed E-state index contributed by atoms with van der Waals surface area (Å²) in [5.41, 5.74) is 0.920. The van der Waals surface area contributed by atoms with Crippen LogP contribution in [0, 0.1) is 5.82 Å². The second kappa shape index (κ2) is 7.05. The fraction of sp³-hybridized carbons (Fsp3) is 0.400. The van der Waals surface area contributed by atoms with E-state index < -0.39 is 0 Å². The molecule has 1 heterocycles. The van der Waals surface area contributed by atoms with Gasteiger partial charge < -0.3 is 10.1 Å². The van der Waals surface area contributed by atoms with E-state index in [-0.39, 0.29) is 17.6 Å². The van der Waals surface area contributed by atoms with Crippen molar-refractivity contribution in [2.75, 3.05) is 13.2 Å². The van der Waals surface area contributed by atoms with Crippen molar-refractivity contribution in [1.82, 2.24) is 15.1 Å². The van der Waals surface area contributed by atoms with Crippen LogP contribution >= 0.6 is 0 Å². The van der Waals surface area contributed by atoms with Crippen LogP contribution in [0.5, 0.6) is 5.75 Å². The van der Waals surface area contributed by atoms with Crippen LogP contribution < -0.4 is 10.1 Å². The van der Waals surface area contributed by atoms with Crippen LogP contribution in [0.15, 0.2) is 36.7 Å². The van der Waals surface area contributed by atoms with Crippen molar-refractivity contribution in [2.24, 2.45) is 0 Å². The lowest BCUT2D eigenvalue weighted by Crippen LogP contribution is -2.17. The Kier molecular flexibility index (Phi) is 5.12. The second-order valence-corrected chi connectivity index (χ2v) is 4.59. The molecule has 1 unspecified atom stereocenters. The molecule has 2 aromatic rings. The maximum Gasteiger partial charge on any atom is 0.165 e. The molecule has 0 radical (unpaired) electrons. The minimum atomic E-state index is -0.326. The average Bonchev–Trinajstić information content (AvgIpc) is 2.94. The molecule has 5 heteroatoms. The quantitative estimate of drug-likeness (QED) is 0.846. The predicted molar refractivity (Wildman–Crippen MR) is 76.2 cm³/mol. The Bertz CT molecular complexity index is 528. The lowest BCUT2D eigenvalue weighted by atomic mass is 10.1. The lowest BCUT2D eigenvalue weighted by molar-refractivity contribution is 0.278. The molecule has 0 bridgehead atoms. The zero-order valence-corrected chi connectivity index (χ0v) is 11.8. The van der Waals surface area contributed by atoms with Crippen molar-refractivity contribution in [1.29, 1.82) is 0 Å². The maximum absolute atomic E-state index is 13.9. The molecule has 4 nitrogen and oxygen atoms in total. The van der Waals surface area contributed by atoms with Crippen LogP contribution in [-0.4, -0.2) is 22.9 Å². The summed E-state index contributed by atoms with van der Waals surface area (Å²) in [4.78, 5) is 0. The average molecular weight is 277 g/mol. The smallest absolute Gasteiger partial charge is 0.165 e. The van der Waals surface area contributed by atoms with Crippen LogP contribution in [0.2, 0.25) is 0 Å². The van der Waals surface area contributed by atoms with Crippen molar-refractivity contribution in [2.45, 2.75) is 26.4 Å². The molecule has 20 heavy (non-hydrogen) atoms. The van der Waals surface area contributed by atoms with Gasteiger partial charge in [0.2, 0.25) is 0 Å². The molecule has 2 rings (SSSR count). The second-order valence-electron chi connectivity index (χ2n) is 4.59. The summed E-state index contributed by atoms with van der Waals surface area (Å²) < 4.78 is 21.1. The van der Waals surface area contributed by atoms with Crippen molar-refractivity contribution in [3.8, 4) is 5.75 Å². The van der Waals surface area contributed by atoms with Crippen LogP contribution in [0.1, 0.15) is 25.5 Å². The largest absolute Gasteiger partial charge is 0.489 e. The molecule has 0 amide bonds. The summed E-state index contributed by atoms with van der Waals surface area (Å²) in [6.07, 6.45) is 3.55. The highest BCUT2D eigenvalue weighted by atomic mass is 19.1. The molecule has 0 spiro atoms. The molecule has 0 saturated heterocycles. The Hall–Kier alpha value is -1.88. The Labute approximate surface area is 118 Å². The maximum atomic E-state index is 13.9. The Morgan fingerprint density at radius 3 is 2.95 bits per heavy atom. The van der Waals surface area contributed by atoms with E-state index in [1.165, 1.54) is 6.07 Å². The SMILES string of the molecule is CCNC(C)c1ccc(OCCn2cccn2)c(F)c1. The van der Waals surface area contributed by atoms with E-state index in [4.69, 9.17) is 4.74 Å². The minimum absolute atomic E-state index is 0.132. The molecule has 1 aromatic carbocycles. The van der Waals surface area contributed by atoms with E-state index >= 15 is 0 Å². The van der Waals surface area contributed by atoms with Crippen molar-refractivity contribution in [3.05, 3.63) is 48.0 Å². The first-order valence-corrected chi connectivity index (χ1v) is 6.83. The minimum Gasteiger partial charge on any atom is -0.489 e. The van der Waals surface area contributed by atoms with Gasteiger partial charge in [-0.2, -0.15) is 5.10 Å². The highest BCUT2D eigenvalue weighted by Gasteiger charge is 2.09. The zero-order valence-electron chi connectivity index (χ0n) is 11.8. The van der Waals surface area contributed by atoms with E-state index in [0.717, 1.165) is 12.1 Å². The number of hydrogen-bond donors (Lipinski definition) is 1. The van der Waals surface area contributed by atoms with E-state index in [1.807, 2.05) is 32.2 Å². The van der Waals surface area contributed by atoms with Crippen LogP contribution in [0.25, 0.3) is 0 Å². The van der Waals surface area contributed by atoms with Gasteiger partial charge in [0.1, 0.15) is 6.61 Å². The van der Waals surface area contributed by atoms with Gasteiger partial charge in [-0.1, -0.05) is 13.0 Å². The zero-order chi connectivity index (χ0) is 14.4. The summed E-state index contributed by atoms with van der Waals surface area (Å²) in [6.45, 7) is 5.88. The van der Waals surface area contributed by atoms with Gasteiger partial charge in [-0.15, -0.1) is 0 Å². The van der Waals surface area contributed by atoms with E-state index in [2.05, 4.69) is 10.4 Å². The van der Waals surface area contributed by atoms with Gasteiger partial charge in [0.25, 0.3) is 0 Å². The van der Waals surface area contributed by atoms with E-state index in [0.29, 0.717) is 13.2 Å². The first-order chi connectivity index (χ1) is 9.70. The molecule has 0 aliphatic carbocycles. The summed E-state index contributed by atoms with van der Waals surface area (Å²) in [5.74, 6) is -0.0441. The number of halogens is 1. The molecule has 1 aromatic heterocycles. The number of aromatic nitrogens is 2. The van der Waals surface area contributed by atoms with Gasteiger partial charge in [0.15, 0.2) is 11.6 Å². The highest BCUT2D eigenvalue weighted by molar-refractivity contribution is 5.30. The summed E-state index contributed by atoms with van der Waals surface area (Å²) in [5, 5.41) is 7.31. The summed E-state index contributed by atoms with van der Waals surface area (Å²) >= 11 is 0. The topological polar surface area (TPSA) is 39.1 Å². The van der Waals surface area contributed by atoms with Crippen molar-refractivity contribution >= 4 is 0 Å².